The van der Waals surface area contributed by atoms with Gasteiger partial charge in [-0.1, -0.05) is 78.7 Å². The van der Waals surface area contributed by atoms with E-state index < -0.39 is 29.0 Å². The number of rotatable bonds is 9. The van der Waals surface area contributed by atoms with Crippen molar-refractivity contribution in [3.05, 3.63) is 23.3 Å². The molecule has 3 saturated carbocycles. The smallest absolute Gasteiger partial charge is 0.242 e. The molecule has 1 saturated heterocycles. The zero-order valence-electron chi connectivity index (χ0n) is 31.2. The molecule has 0 aromatic heterocycles. The van der Waals surface area contributed by atoms with Gasteiger partial charge in [0.1, 0.15) is 0 Å². The van der Waals surface area contributed by atoms with Gasteiger partial charge < -0.3 is 13.8 Å². The maximum Gasteiger partial charge on any atom is 0.242 e. The number of alkyl halides is 2. The highest BCUT2D eigenvalue weighted by Crippen LogP contribution is 2.59. The summed E-state index contributed by atoms with van der Waals surface area (Å²) in [4.78, 5) is 2.33. The normalized spacial score (nSPS) is 34.1. The van der Waals surface area contributed by atoms with Gasteiger partial charge in [-0.15, -0.1) is 0 Å². The van der Waals surface area contributed by atoms with Gasteiger partial charge in [0.15, 0.2) is 16.6 Å². The molecule has 0 amide bonds. The fourth-order valence-corrected chi connectivity index (χ4v) is 11.6. The van der Waals surface area contributed by atoms with Crippen molar-refractivity contribution in [3.8, 4) is 0 Å². The van der Waals surface area contributed by atoms with Gasteiger partial charge in [-0.25, -0.2) is 8.78 Å². The minimum atomic E-state index is -2.18. The van der Waals surface area contributed by atoms with Crippen LogP contribution in [-0.2, 0) is 8.85 Å². The van der Waals surface area contributed by atoms with Gasteiger partial charge in [0.05, 0.1) is 12.2 Å². The maximum atomic E-state index is 13.3. The number of fused-ring (bicyclic) bond motifs is 1. The van der Waals surface area contributed by atoms with Crippen molar-refractivity contribution >= 4 is 16.6 Å². The summed E-state index contributed by atoms with van der Waals surface area (Å²) in [7, 11) is -3.80. The molecule has 4 aliphatic rings. The largest absolute Gasteiger partial charge is 0.414 e. The topological polar surface area (TPSA) is 21.7 Å². The highest BCUT2D eigenvalue weighted by molar-refractivity contribution is 6.74. The van der Waals surface area contributed by atoms with Crippen LogP contribution in [0.4, 0.5) is 8.78 Å². The minimum Gasteiger partial charge on any atom is -0.414 e. The van der Waals surface area contributed by atoms with Gasteiger partial charge in [0.25, 0.3) is 0 Å². The second-order valence-electron chi connectivity index (χ2n) is 18.9. The van der Waals surface area contributed by atoms with Gasteiger partial charge in [-0.3, -0.25) is 0 Å². The van der Waals surface area contributed by atoms with E-state index in [-0.39, 0.29) is 22.3 Å². The molecule has 0 unspecified atom stereocenters. The molecule has 0 spiro atoms. The van der Waals surface area contributed by atoms with Crippen LogP contribution in [0.2, 0.25) is 36.3 Å². The molecule has 3 nitrogen and oxygen atoms in total. The predicted molar refractivity (Wildman–Crippen MR) is 192 cm³/mol. The first-order valence-electron chi connectivity index (χ1n) is 18.4. The van der Waals surface area contributed by atoms with Crippen molar-refractivity contribution in [2.24, 2.45) is 29.1 Å². The van der Waals surface area contributed by atoms with Crippen LogP contribution >= 0.6 is 0 Å². The summed E-state index contributed by atoms with van der Waals surface area (Å²) >= 11 is 0. The Morgan fingerprint density at radius 3 is 2.00 bits per heavy atom. The van der Waals surface area contributed by atoms with Crippen LogP contribution in [-0.4, -0.2) is 59.8 Å². The fourth-order valence-electron chi connectivity index (χ4n) is 8.84. The second-order valence-corrected chi connectivity index (χ2v) is 28.4. The molecule has 45 heavy (non-hydrogen) atoms. The van der Waals surface area contributed by atoms with Crippen LogP contribution in [0, 0.1) is 29.1 Å². The first-order valence-corrected chi connectivity index (χ1v) is 24.2. The highest BCUT2D eigenvalue weighted by atomic mass is 28.4. The van der Waals surface area contributed by atoms with Crippen molar-refractivity contribution in [1.29, 1.82) is 0 Å². The summed E-state index contributed by atoms with van der Waals surface area (Å²) in [5, 5.41) is 0.377. The lowest BCUT2D eigenvalue weighted by Crippen LogP contribution is -2.48. The molecule has 7 atom stereocenters. The number of hydrogen-bond donors (Lipinski definition) is 0. The summed E-state index contributed by atoms with van der Waals surface area (Å²) in [5.74, 6) is 1.43. The molecule has 3 aliphatic carbocycles. The summed E-state index contributed by atoms with van der Waals surface area (Å²) in [6, 6.07) is 0. The minimum absolute atomic E-state index is 0.189. The molecule has 1 heterocycles. The van der Waals surface area contributed by atoms with Crippen LogP contribution in [0.3, 0.4) is 0 Å². The standard InChI is InChI=1S/C38H69F2NO2Si2/c1-27(25-41-21-19-30(26-41)35(39)40)33-17-18-34-29(14-13-20-38(33,34)8)16-15-28-22-31(42-44(9,10)36(2,3)4)24-32(23-28)43-45(11,12)37(5,6)7/h15-16,27,30-35H,13-14,17-26H2,1-12H3/b29-16+/t27-,30-,31-,32-,33-,34+,38-/m1/s1. The SMILES string of the molecule is C[C@H](CN1CC[C@@H](C(F)F)C1)[C@H]1CC[C@H]2/C(=C/C=C3C[C@@H](O[Si](C)(C)C(C)(C)C)C[C@H](O[Si](C)(C)C(C)(C)C)C3)CCC[C@]12C. The summed E-state index contributed by atoms with van der Waals surface area (Å²) in [5.41, 5.74) is 3.47. The average molecular weight is 666 g/mol. The Morgan fingerprint density at radius 1 is 0.911 bits per heavy atom. The predicted octanol–water partition coefficient (Wildman–Crippen LogP) is 11.2. The Hall–Kier alpha value is -0.346. The van der Waals surface area contributed by atoms with Crippen molar-refractivity contribution in [2.45, 2.75) is 168 Å². The molecule has 7 heteroatoms. The first kappa shape index (κ1) is 37.5. The molecule has 0 aromatic carbocycles. The third-order valence-corrected chi connectivity index (χ3v) is 22.6. The van der Waals surface area contributed by atoms with Crippen LogP contribution in [0.5, 0.6) is 0 Å². The van der Waals surface area contributed by atoms with Crippen LogP contribution < -0.4 is 0 Å². The Labute approximate surface area is 278 Å². The number of likely N-dealkylation sites (tertiary alicyclic amines) is 1. The van der Waals surface area contributed by atoms with E-state index in [4.69, 9.17) is 8.85 Å². The summed E-state index contributed by atoms with van der Waals surface area (Å²) in [6.45, 7) is 31.0. The van der Waals surface area contributed by atoms with E-state index in [9.17, 15) is 8.78 Å². The van der Waals surface area contributed by atoms with E-state index in [1.54, 1.807) is 5.57 Å². The fraction of sp³-hybridized carbons (Fsp3) is 0.895. The zero-order chi connectivity index (χ0) is 33.6. The van der Waals surface area contributed by atoms with Crippen LogP contribution in [0.25, 0.3) is 0 Å². The molecule has 0 radical (unpaired) electrons. The molecule has 4 fully saturated rings. The van der Waals surface area contributed by atoms with Crippen molar-refractivity contribution in [1.82, 2.24) is 4.90 Å². The van der Waals surface area contributed by atoms with E-state index >= 15 is 0 Å². The van der Waals surface area contributed by atoms with Crippen LogP contribution in [0.15, 0.2) is 23.3 Å². The monoisotopic (exact) mass is 665 g/mol. The van der Waals surface area contributed by atoms with E-state index in [2.05, 4.69) is 98.6 Å². The number of hydrogen-bond acceptors (Lipinski definition) is 3. The van der Waals surface area contributed by atoms with Crippen molar-refractivity contribution in [3.63, 3.8) is 0 Å². The molecular formula is C38H69F2NO2Si2. The summed E-state index contributed by atoms with van der Waals surface area (Å²) < 4.78 is 40.8. The molecule has 260 valence electrons. The highest BCUT2D eigenvalue weighted by Gasteiger charge is 2.51. The zero-order valence-corrected chi connectivity index (χ0v) is 33.2. The Morgan fingerprint density at radius 2 is 1.49 bits per heavy atom. The lowest BCUT2D eigenvalue weighted by Gasteiger charge is -2.45. The third kappa shape index (κ3) is 8.64. The van der Waals surface area contributed by atoms with Gasteiger partial charge >= 0.3 is 0 Å². The van der Waals surface area contributed by atoms with Gasteiger partial charge in [0, 0.05) is 19.0 Å². The number of nitrogens with zero attached hydrogens (tertiary/aromatic N) is 1. The quantitative estimate of drug-likeness (QED) is 0.229. The molecule has 0 bridgehead atoms. The van der Waals surface area contributed by atoms with E-state index in [0.717, 1.165) is 32.4 Å². The third-order valence-electron chi connectivity index (χ3n) is 13.5. The maximum absolute atomic E-state index is 13.3. The number of allylic oxidation sites excluding steroid dienone is 3. The Kier molecular flexibility index (Phi) is 11.6. The summed E-state index contributed by atoms with van der Waals surface area (Å²) in [6.07, 6.45) is 13.3. The van der Waals surface area contributed by atoms with Gasteiger partial charge in [0.2, 0.25) is 6.43 Å². The van der Waals surface area contributed by atoms with E-state index in [1.807, 2.05) is 0 Å². The van der Waals surface area contributed by atoms with Crippen molar-refractivity contribution < 1.29 is 17.6 Å². The van der Waals surface area contributed by atoms with Crippen LogP contribution in [0.1, 0.15) is 113 Å². The first-order chi connectivity index (χ1) is 20.6. The Balaban J connectivity index is 1.50. The molecule has 0 aromatic rings. The molecular weight excluding hydrogens is 597 g/mol. The second kappa shape index (κ2) is 13.9. The molecule has 0 N–H and O–H groups in total. The lowest BCUT2D eigenvalue weighted by atomic mass is 9.61. The Bertz CT molecular complexity index is 1040. The van der Waals surface area contributed by atoms with E-state index in [0.29, 0.717) is 36.1 Å². The lowest BCUT2D eigenvalue weighted by molar-refractivity contribution is 0.0672. The van der Waals surface area contributed by atoms with E-state index in [1.165, 1.54) is 37.7 Å². The van der Waals surface area contributed by atoms with Gasteiger partial charge in [-0.2, -0.15) is 0 Å². The van der Waals surface area contributed by atoms with Crippen molar-refractivity contribution in [2.75, 3.05) is 19.6 Å². The molecule has 4 rings (SSSR count). The average Bonchev–Trinajstić information content (AvgIpc) is 3.50. The van der Waals surface area contributed by atoms with Gasteiger partial charge in [-0.05, 0) is 124 Å². The number of halogens is 2. The molecule has 1 aliphatic heterocycles.